The van der Waals surface area contributed by atoms with Crippen LogP contribution in [-0.4, -0.2) is 14.2 Å². The van der Waals surface area contributed by atoms with Crippen LogP contribution in [0.5, 0.6) is 0 Å². The van der Waals surface area contributed by atoms with Crippen molar-refractivity contribution in [2.24, 2.45) is 5.92 Å². The zero-order valence-electron chi connectivity index (χ0n) is 6.29. The van der Waals surface area contributed by atoms with Gasteiger partial charge in [-0.05, 0) is 5.92 Å². The predicted octanol–water partition coefficient (Wildman–Crippen LogP) is 1.90. The lowest BCUT2D eigenvalue weighted by Crippen LogP contribution is -2.01. The van der Waals surface area contributed by atoms with Crippen LogP contribution >= 0.6 is 11.8 Å². The van der Waals surface area contributed by atoms with Gasteiger partial charge in [-0.3, -0.25) is 0 Å². The Kier molecular flexibility index (Phi) is 5.73. The van der Waals surface area contributed by atoms with E-state index in [1.807, 2.05) is 19.9 Å². The second kappa shape index (κ2) is 5.74. The lowest BCUT2D eigenvalue weighted by atomic mass is 10.3. The number of hydrogen-bond acceptors (Lipinski definition) is 2. The molecule has 0 rings (SSSR count). The van der Waals surface area contributed by atoms with Crippen LogP contribution in [0.4, 0.5) is 0 Å². The molecular weight excluding hydrogens is 164 g/mol. The van der Waals surface area contributed by atoms with Crippen LogP contribution in [-0.2, 0) is 11.3 Å². The van der Waals surface area contributed by atoms with Gasteiger partial charge in [-0.1, -0.05) is 19.9 Å². The van der Waals surface area contributed by atoms with Crippen LogP contribution < -0.4 is 0 Å². The highest BCUT2D eigenvalue weighted by Gasteiger charge is 2.02. The summed E-state index contributed by atoms with van der Waals surface area (Å²) in [5.41, 5.74) is 0. The molecule has 0 aliphatic heterocycles. The Morgan fingerprint density at radius 2 is 2.30 bits per heavy atom. The molecule has 0 bridgehead atoms. The minimum absolute atomic E-state index is 0.368. The maximum absolute atomic E-state index is 10.4. The van der Waals surface area contributed by atoms with Gasteiger partial charge in [0.1, 0.15) is 0 Å². The van der Waals surface area contributed by atoms with Gasteiger partial charge in [-0.25, -0.2) is 4.21 Å². The Morgan fingerprint density at radius 1 is 1.70 bits per heavy atom. The summed E-state index contributed by atoms with van der Waals surface area (Å²) in [5.74, 6) is 1.20. The first kappa shape index (κ1) is 9.98. The Morgan fingerprint density at radius 3 is 2.60 bits per heavy atom. The monoisotopic (exact) mass is 176 g/mol. The summed E-state index contributed by atoms with van der Waals surface area (Å²) in [4.78, 5) is 0. The Balaban J connectivity index is 3.86. The average Bonchev–Trinajstić information content (AvgIpc) is 1.89. The van der Waals surface area contributed by atoms with E-state index in [0.29, 0.717) is 17.2 Å². The summed E-state index contributed by atoms with van der Waals surface area (Å²) in [6, 6.07) is 0. The molecule has 0 aliphatic carbocycles. The fourth-order valence-electron chi connectivity index (χ4n) is 0.428. The summed E-state index contributed by atoms with van der Waals surface area (Å²) >= 11 is 2.18. The fraction of sp³-hybridized carbons (Fsp3) is 0.571. The van der Waals surface area contributed by atoms with Crippen LogP contribution in [0.25, 0.3) is 0 Å². The minimum atomic E-state index is 0.368. The van der Waals surface area contributed by atoms with Gasteiger partial charge < -0.3 is 0 Å². The Hall–Kier alpha value is -0.0200. The van der Waals surface area contributed by atoms with E-state index in [1.165, 1.54) is 0 Å². The number of rotatable bonds is 3. The molecule has 0 fully saturated rings. The highest BCUT2D eigenvalue weighted by atomic mass is 32.2. The van der Waals surface area contributed by atoms with E-state index in [0.717, 1.165) is 9.95 Å². The van der Waals surface area contributed by atoms with Crippen molar-refractivity contribution in [2.75, 3.05) is 5.75 Å². The zero-order valence-corrected chi connectivity index (χ0v) is 7.93. The van der Waals surface area contributed by atoms with Crippen molar-refractivity contribution in [1.82, 2.24) is 0 Å². The molecule has 0 atom stereocenters. The Bertz CT molecular complexity index is 157. The second-order valence-electron chi connectivity index (χ2n) is 2.16. The fourth-order valence-corrected chi connectivity index (χ4v) is 1.63. The standard InChI is InChI=1S/C7H12OS2/c1-4-5-9-7(10-8)6(2)3/h4,6H,1,5H2,2-3H3. The van der Waals surface area contributed by atoms with E-state index in [1.54, 1.807) is 11.8 Å². The number of hydrogen-bond donors (Lipinski definition) is 0. The smallest absolute Gasteiger partial charge is 0.0993 e. The SMILES string of the molecule is C=CCSC(=S=O)C(C)C. The normalized spacial score (nSPS) is 9.50. The van der Waals surface area contributed by atoms with Crippen molar-refractivity contribution in [3.05, 3.63) is 12.7 Å². The average molecular weight is 176 g/mol. The third-order valence-corrected chi connectivity index (χ3v) is 3.25. The van der Waals surface area contributed by atoms with Gasteiger partial charge in [-0.2, -0.15) is 0 Å². The first-order valence-electron chi connectivity index (χ1n) is 3.12. The van der Waals surface area contributed by atoms with Crippen LogP contribution in [0.1, 0.15) is 13.8 Å². The van der Waals surface area contributed by atoms with E-state index < -0.39 is 0 Å². The molecule has 3 heteroatoms. The molecule has 58 valence electrons. The quantitative estimate of drug-likeness (QED) is 0.482. The van der Waals surface area contributed by atoms with Crippen molar-refractivity contribution in [1.29, 1.82) is 0 Å². The van der Waals surface area contributed by atoms with Crippen molar-refractivity contribution >= 4 is 27.2 Å². The molecule has 0 aromatic heterocycles. The Labute approximate surface area is 70.0 Å². The van der Waals surface area contributed by atoms with E-state index >= 15 is 0 Å². The van der Waals surface area contributed by atoms with Gasteiger partial charge in [0.25, 0.3) is 0 Å². The van der Waals surface area contributed by atoms with Crippen LogP contribution in [0, 0.1) is 5.92 Å². The molecule has 0 saturated heterocycles. The first-order chi connectivity index (χ1) is 4.72. The molecule has 0 aromatic carbocycles. The summed E-state index contributed by atoms with van der Waals surface area (Å²) in [7, 11) is 0. The molecular formula is C7H12OS2. The van der Waals surface area contributed by atoms with E-state index in [4.69, 9.17) is 0 Å². The largest absolute Gasteiger partial charge is 0.212 e. The van der Waals surface area contributed by atoms with Crippen molar-refractivity contribution in [2.45, 2.75) is 13.8 Å². The van der Waals surface area contributed by atoms with Crippen molar-refractivity contribution < 1.29 is 4.21 Å². The van der Waals surface area contributed by atoms with E-state index in [9.17, 15) is 4.21 Å². The van der Waals surface area contributed by atoms with Gasteiger partial charge in [0, 0.05) is 5.75 Å². The molecule has 0 heterocycles. The van der Waals surface area contributed by atoms with E-state index in [-0.39, 0.29) is 0 Å². The minimum Gasteiger partial charge on any atom is -0.212 e. The third kappa shape index (κ3) is 3.90. The third-order valence-electron chi connectivity index (χ3n) is 0.897. The summed E-state index contributed by atoms with van der Waals surface area (Å²) < 4.78 is 11.3. The lowest BCUT2D eigenvalue weighted by molar-refractivity contribution is 0.700. The van der Waals surface area contributed by atoms with Gasteiger partial charge in [0.05, 0.1) is 15.5 Å². The summed E-state index contributed by atoms with van der Waals surface area (Å²) in [5, 5.41) is 0. The molecule has 0 aromatic rings. The van der Waals surface area contributed by atoms with Crippen LogP contribution in [0.3, 0.4) is 0 Å². The molecule has 0 aliphatic rings. The summed E-state index contributed by atoms with van der Waals surface area (Å²) in [6.07, 6.45) is 1.81. The van der Waals surface area contributed by atoms with Crippen LogP contribution in [0.2, 0.25) is 0 Å². The van der Waals surface area contributed by atoms with Crippen molar-refractivity contribution in [3.8, 4) is 0 Å². The maximum Gasteiger partial charge on any atom is 0.0993 e. The lowest BCUT2D eigenvalue weighted by Gasteiger charge is -2.02. The molecule has 0 spiro atoms. The van der Waals surface area contributed by atoms with Gasteiger partial charge in [-0.15, -0.1) is 18.3 Å². The topological polar surface area (TPSA) is 17.1 Å². The number of thioether (sulfide) groups is 1. The first-order valence-corrected chi connectivity index (χ1v) is 4.85. The molecule has 0 saturated carbocycles. The van der Waals surface area contributed by atoms with Gasteiger partial charge in [0.2, 0.25) is 0 Å². The highest BCUT2D eigenvalue weighted by Crippen LogP contribution is 2.10. The highest BCUT2D eigenvalue weighted by molar-refractivity contribution is 8.21. The molecule has 0 unspecified atom stereocenters. The van der Waals surface area contributed by atoms with Gasteiger partial charge in [0.15, 0.2) is 0 Å². The zero-order chi connectivity index (χ0) is 7.98. The molecule has 0 N–H and O–H groups in total. The summed E-state index contributed by atoms with van der Waals surface area (Å²) in [6.45, 7) is 7.63. The van der Waals surface area contributed by atoms with Crippen LogP contribution in [0.15, 0.2) is 12.7 Å². The molecule has 0 amide bonds. The molecule has 10 heavy (non-hydrogen) atoms. The maximum atomic E-state index is 10.4. The van der Waals surface area contributed by atoms with E-state index in [2.05, 4.69) is 6.58 Å². The predicted molar refractivity (Wildman–Crippen MR) is 50.6 cm³/mol. The van der Waals surface area contributed by atoms with Crippen molar-refractivity contribution in [3.63, 3.8) is 0 Å². The second-order valence-corrected chi connectivity index (χ2v) is 4.08. The molecule has 1 nitrogen and oxygen atoms in total. The molecule has 0 radical (unpaired) electrons. The van der Waals surface area contributed by atoms with Gasteiger partial charge >= 0.3 is 0 Å².